The molecule has 1 amide bonds. The van der Waals surface area contributed by atoms with Crippen molar-refractivity contribution in [3.8, 4) is 0 Å². The van der Waals surface area contributed by atoms with Crippen LogP contribution in [0.1, 0.15) is 30.0 Å². The number of aryl methyl sites for hydroxylation is 1. The van der Waals surface area contributed by atoms with Crippen molar-refractivity contribution in [1.82, 2.24) is 5.32 Å². The molecule has 78 valence electrons. The number of rotatable bonds is 4. The highest BCUT2D eigenvalue weighted by atomic mass is 16.3. The third kappa shape index (κ3) is 2.60. The van der Waals surface area contributed by atoms with E-state index in [1.165, 1.54) is 6.26 Å². The van der Waals surface area contributed by atoms with Crippen molar-refractivity contribution in [2.24, 2.45) is 0 Å². The summed E-state index contributed by atoms with van der Waals surface area (Å²) in [6, 6.07) is 1.64. The van der Waals surface area contributed by atoms with Crippen LogP contribution in [-0.2, 0) is 6.42 Å². The molecule has 4 nitrogen and oxygen atoms in total. The van der Waals surface area contributed by atoms with Crippen LogP contribution in [0.25, 0.3) is 0 Å². The average Bonchev–Trinajstić information content (AvgIpc) is 2.61. The summed E-state index contributed by atoms with van der Waals surface area (Å²) in [5.41, 5.74) is 0.549. The van der Waals surface area contributed by atoms with Gasteiger partial charge in [0.1, 0.15) is 5.76 Å². The Hall–Kier alpha value is -1.29. The molecule has 0 radical (unpaired) electrons. The molecule has 0 bridgehead atoms. The van der Waals surface area contributed by atoms with Crippen molar-refractivity contribution in [1.29, 1.82) is 0 Å². The van der Waals surface area contributed by atoms with Crippen molar-refractivity contribution in [2.75, 3.05) is 6.54 Å². The molecule has 0 saturated carbocycles. The number of amides is 1. The molecule has 1 heterocycles. The van der Waals surface area contributed by atoms with Crippen LogP contribution in [0.15, 0.2) is 16.7 Å². The SMILES string of the molecule is CCc1occc1C(=O)NC[C@@H](C)O. The highest BCUT2D eigenvalue weighted by Gasteiger charge is 2.12. The van der Waals surface area contributed by atoms with E-state index in [-0.39, 0.29) is 12.5 Å². The second kappa shape index (κ2) is 4.81. The maximum Gasteiger partial charge on any atom is 0.254 e. The first-order chi connectivity index (χ1) is 6.65. The fourth-order valence-electron chi connectivity index (χ4n) is 1.15. The number of hydrogen-bond donors (Lipinski definition) is 2. The number of nitrogens with one attached hydrogen (secondary N) is 1. The summed E-state index contributed by atoms with van der Waals surface area (Å²) in [5.74, 6) is 0.476. The summed E-state index contributed by atoms with van der Waals surface area (Å²) in [6.45, 7) is 3.80. The van der Waals surface area contributed by atoms with E-state index in [9.17, 15) is 4.79 Å². The largest absolute Gasteiger partial charge is 0.469 e. The van der Waals surface area contributed by atoms with E-state index in [4.69, 9.17) is 9.52 Å². The molecule has 0 saturated heterocycles. The van der Waals surface area contributed by atoms with Gasteiger partial charge in [0.05, 0.1) is 17.9 Å². The van der Waals surface area contributed by atoms with E-state index in [1.807, 2.05) is 6.92 Å². The second-order valence-corrected chi connectivity index (χ2v) is 3.17. The van der Waals surface area contributed by atoms with Gasteiger partial charge in [-0.05, 0) is 13.0 Å². The van der Waals surface area contributed by atoms with Crippen LogP contribution in [0.3, 0.4) is 0 Å². The first kappa shape index (κ1) is 10.8. The van der Waals surface area contributed by atoms with E-state index in [1.54, 1.807) is 13.0 Å². The lowest BCUT2D eigenvalue weighted by Crippen LogP contribution is -2.30. The maximum atomic E-state index is 11.5. The summed E-state index contributed by atoms with van der Waals surface area (Å²) in [7, 11) is 0. The number of aliphatic hydroxyl groups is 1. The highest BCUT2D eigenvalue weighted by molar-refractivity contribution is 5.95. The van der Waals surface area contributed by atoms with Gasteiger partial charge < -0.3 is 14.8 Å². The maximum absolute atomic E-state index is 11.5. The van der Waals surface area contributed by atoms with Gasteiger partial charge in [0, 0.05) is 13.0 Å². The number of furan rings is 1. The van der Waals surface area contributed by atoms with E-state index >= 15 is 0 Å². The van der Waals surface area contributed by atoms with Crippen molar-refractivity contribution < 1.29 is 14.3 Å². The van der Waals surface area contributed by atoms with Crippen LogP contribution in [0.2, 0.25) is 0 Å². The second-order valence-electron chi connectivity index (χ2n) is 3.17. The molecule has 1 rings (SSSR count). The molecule has 2 N–H and O–H groups in total. The zero-order chi connectivity index (χ0) is 10.6. The van der Waals surface area contributed by atoms with Gasteiger partial charge in [-0.15, -0.1) is 0 Å². The Balaban J connectivity index is 2.60. The molecule has 4 heteroatoms. The molecule has 0 spiro atoms. The quantitative estimate of drug-likeness (QED) is 0.755. The predicted molar refractivity (Wildman–Crippen MR) is 52.1 cm³/mol. The van der Waals surface area contributed by atoms with Gasteiger partial charge >= 0.3 is 0 Å². The fraction of sp³-hybridized carbons (Fsp3) is 0.500. The number of hydrogen-bond acceptors (Lipinski definition) is 3. The van der Waals surface area contributed by atoms with E-state index in [0.29, 0.717) is 17.7 Å². The Morgan fingerprint density at radius 3 is 3.00 bits per heavy atom. The number of carbonyl (C=O) groups excluding carboxylic acids is 1. The molecule has 1 aromatic heterocycles. The molecule has 0 unspecified atom stereocenters. The van der Waals surface area contributed by atoms with Crippen LogP contribution in [0, 0.1) is 0 Å². The normalized spacial score (nSPS) is 12.5. The van der Waals surface area contributed by atoms with Crippen LogP contribution in [0.5, 0.6) is 0 Å². The van der Waals surface area contributed by atoms with Gasteiger partial charge in [0.15, 0.2) is 0 Å². The standard InChI is InChI=1S/C10H15NO3/c1-3-9-8(4-5-14-9)10(13)11-6-7(2)12/h4-5,7,12H,3,6H2,1-2H3,(H,11,13)/t7-/m1/s1. The molecule has 14 heavy (non-hydrogen) atoms. The van der Waals surface area contributed by atoms with Crippen LogP contribution < -0.4 is 5.32 Å². The average molecular weight is 197 g/mol. The zero-order valence-corrected chi connectivity index (χ0v) is 8.41. The summed E-state index contributed by atoms with van der Waals surface area (Å²) in [5, 5.41) is 11.6. The van der Waals surface area contributed by atoms with Gasteiger partial charge in [0.2, 0.25) is 0 Å². The summed E-state index contributed by atoms with van der Waals surface area (Å²) in [4.78, 5) is 11.5. The Morgan fingerprint density at radius 2 is 2.43 bits per heavy atom. The fourth-order valence-corrected chi connectivity index (χ4v) is 1.15. The Bertz CT molecular complexity index is 304. The monoisotopic (exact) mass is 197 g/mol. The summed E-state index contributed by atoms with van der Waals surface area (Å²) in [6.07, 6.45) is 1.65. The lowest BCUT2D eigenvalue weighted by Gasteiger charge is -2.06. The van der Waals surface area contributed by atoms with Gasteiger partial charge in [-0.3, -0.25) is 4.79 Å². The molecule has 0 aliphatic heterocycles. The summed E-state index contributed by atoms with van der Waals surface area (Å²) >= 11 is 0. The predicted octanol–water partition coefficient (Wildman–Crippen LogP) is 0.953. The third-order valence-electron chi connectivity index (χ3n) is 1.87. The Morgan fingerprint density at radius 1 is 1.71 bits per heavy atom. The van der Waals surface area contributed by atoms with Gasteiger partial charge in [0.25, 0.3) is 5.91 Å². The minimum absolute atomic E-state index is 0.198. The minimum Gasteiger partial charge on any atom is -0.469 e. The molecule has 0 aliphatic carbocycles. The van der Waals surface area contributed by atoms with Crippen LogP contribution >= 0.6 is 0 Å². The minimum atomic E-state index is -0.532. The van der Waals surface area contributed by atoms with Crippen LogP contribution in [0.4, 0.5) is 0 Å². The molecular formula is C10H15NO3. The van der Waals surface area contributed by atoms with Crippen LogP contribution in [-0.4, -0.2) is 23.7 Å². The molecule has 0 aromatic carbocycles. The Labute approximate surface area is 82.9 Å². The van der Waals surface area contributed by atoms with Crippen molar-refractivity contribution in [3.63, 3.8) is 0 Å². The van der Waals surface area contributed by atoms with Crippen molar-refractivity contribution in [2.45, 2.75) is 26.4 Å². The third-order valence-corrected chi connectivity index (χ3v) is 1.87. The van der Waals surface area contributed by atoms with E-state index in [2.05, 4.69) is 5.32 Å². The lowest BCUT2D eigenvalue weighted by atomic mass is 10.2. The first-order valence-corrected chi connectivity index (χ1v) is 4.67. The lowest BCUT2D eigenvalue weighted by molar-refractivity contribution is 0.0922. The van der Waals surface area contributed by atoms with E-state index < -0.39 is 6.10 Å². The molecular weight excluding hydrogens is 182 g/mol. The van der Waals surface area contributed by atoms with Gasteiger partial charge in [-0.1, -0.05) is 6.92 Å². The molecule has 0 aliphatic rings. The van der Waals surface area contributed by atoms with E-state index in [0.717, 1.165) is 0 Å². The Kier molecular flexibility index (Phi) is 3.71. The van der Waals surface area contributed by atoms with Crippen molar-refractivity contribution >= 4 is 5.91 Å². The number of carbonyl (C=O) groups is 1. The molecule has 1 aromatic rings. The van der Waals surface area contributed by atoms with Gasteiger partial charge in [-0.25, -0.2) is 0 Å². The summed E-state index contributed by atoms with van der Waals surface area (Å²) < 4.78 is 5.12. The van der Waals surface area contributed by atoms with Gasteiger partial charge in [-0.2, -0.15) is 0 Å². The smallest absolute Gasteiger partial charge is 0.254 e. The topological polar surface area (TPSA) is 62.5 Å². The highest BCUT2D eigenvalue weighted by Crippen LogP contribution is 2.10. The van der Waals surface area contributed by atoms with Crippen molar-refractivity contribution in [3.05, 3.63) is 23.7 Å². The number of aliphatic hydroxyl groups excluding tert-OH is 1. The molecule has 0 fully saturated rings. The zero-order valence-electron chi connectivity index (χ0n) is 8.41. The first-order valence-electron chi connectivity index (χ1n) is 4.67. The molecule has 1 atom stereocenters.